The second-order valence-electron chi connectivity index (χ2n) is 15.6. The van der Waals surface area contributed by atoms with Crippen LogP contribution in [-0.4, -0.2) is 100 Å². The minimum absolute atomic E-state index is 0.0108. The molecule has 3 atom stereocenters. The van der Waals surface area contributed by atoms with E-state index >= 15 is 8.78 Å². The molecule has 51 heavy (non-hydrogen) atoms. The van der Waals surface area contributed by atoms with Gasteiger partial charge in [-0.3, -0.25) is 9.88 Å². The van der Waals surface area contributed by atoms with E-state index in [1.807, 2.05) is 11.8 Å². The lowest BCUT2D eigenvalue weighted by Gasteiger charge is -2.48. The molecule has 4 aromatic rings. The monoisotopic (exact) mass is 705 g/mol. The van der Waals surface area contributed by atoms with Gasteiger partial charge in [-0.15, -0.1) is 0 Å². The standard InChI is InChI=1S/C39H49F2N5O5/c1-6-26-29(40)11-10-24-17-25(47)18-27(31(24)26)33-32(41)34-28(19-42-33)35(46-15-16-50-22-38(4,48)21-46)44-36(43-34)51-23-39-12-7-9-30(39)45(14-8-13-39)20-37(2,3)49-5/h10-11,17-19,30,47-48H,6-9,12-16,20-23H2,1-5H3/t30-,38+,39-/m1/s1. The van der Waals surface area contributed by atoms with Gasteiger partial charge in [0.2, 0.25) is 0 Å². The van der Waals surface area contributed by atoms with Crippen molar-refractivity contribution in [2.45, 2.75) is 83.5 Å². The molecular formula is C39H49F2N5O5. The maximum absolute atomic E-state index is 17.1. The van der Waals surface area contributed by atoms with Gasteiger partial charge in [-0.25, -0.2) is 8.78 Å². The van der Waals surface area contributed by atoms with Crippen LogP contribution in [0.15, 0.2) is 30.5 Å². The summed E-state index contributed by atoms with van der Waals surface area (Å²) in [5.41, 5.74) is -0.975. The smallest absolute Gasteiger partial charge is 0.319 e. The predicted octanol–water partition coefficient (Wildman–Crippen LogP) is 6.42. The number of phenols is 1. The molecule has 3 aliphatic rings. The molecule has 0 unspecified atom stereocenters. The van der Waals surface area contributed by atoms with Crippen molar-refractivity contribution >= 4 is 27.5 Å². The maximum Gasteiger partial charge on any atom is 0.319 e. The molecule has 4 heterocycles. The normalized spacial score (nSPS) is 24.6. The zero-order valence-electron chi connectivity index (χ0n) is 30.3. The number of aromatic hydroxyl groups is 1. The van der Waals surface area contributed by atoms with E-state index in [0.717, 1.165) is 45.2 Å². The van der Waals surface area contributed by atoms with Gasteiger partial charge in [0.15, 0.2) is 5.82 Å². The predicted molar refractivity (Wildman–Crippen MR) is 192 cm³/mol. The Bertz CT molecular complexity index is 1940. The van der Waals surface area contributed by atoms with Crippen molar-refractivity contribution in [2.24, 2.45) is 5.41 Å². The summed E-state index contributed by atoms with van der Waals surface area (Å²) >= 11 is 0. The average molecular weight is 706 g/mol. The second kappa shape index (κ2) is 13.7. The molecule has 7 rings (SSSR count). The number of halogens is 2. The van der Waals surface area contributed by atoms with E-state index in [9.17, 15) is 10.2 Å². The molecule has 1 aliphatic carbocycles. The fourth-order valence-electron chi connectivity index (χ4n) is 8.69. The molecule has 12 heteroatoms. The lowest BCUT2D eigenvalue weighted by Crippen LogP contribution is -2.55. The molecule has 2 aromatic carbocycles. The van der Waals surface area contributed by atoms with Crippen molar-refractivity contribution in [2.75, 3.05) is 58.0 Å². The van der Waals surface area contributed by atoms with Crippen LogP contribution in [0, 0.1) is 17.0 Å². The number of aliphatic hydroxyl groups is 1. The van der Waals surface area contributed by atoms with Gasteiger partial charge in [-0.05, 0) is 94.0 Å². The number of hydrogen-bond donors (Lipinski definition) is 2. The Morgan fingerprint density at radius 3 is 2.71 bits per heavy atom. The number of methoxy groups -OCH3 is 1. The molecule has 0 radical (unpaired) electrons. The fourth-order valence-corrected chi connectivity index (χ4v) is 8.69. The molecule has 274 valence electrons. The largest absolute Gasteiger partial charge is 0.508 e. The van der Waals surface area contributed by atoms with Crippen LogP contribution in [0.2, 0.25) is 0 Å². The van der Waals surface area contributed by atoms with E-state index in [1.54, 1.807) is 20.1 Å². The summed E-state index contributed by atoms with van der Waals surface area (Å²) in [5, 5.41) is 23.1. The van der Waals surface area contributed by atoms with Crippen molar-refractivity contribution in [1.82, 2.24) is 19.9 Å². The van der Waals surface area contributed by atoms with E-state index < -0.39 is 17.2 Å². The Hall–Kier alpha value is -3.71. The summed E-state index contributed by atoms with van der Waals surface area (Å²) in [5.74, 6) is -0.857. The Morgan fingerprint density at radius 1 is 1.12 bits per heavy atom. The number of likely N-dealkylation sites (tertiary alicyclic amines) is 1. The zero-order valence-corrected chi connectivity index (χ0v) is 30.3. The zero-order chi connectivity index (χ0) is 36.1. The average Bonchev–Trinajstić information content (AvgIpc) is 3.45. The Morgan fingerprint density at radius 2 is 1.92 bits per heavy atom. The summed E-state index contributed by atoms with van der Waals surface area (Å²) in [6, 6.07) is 6.24. The molecule has 0 spiro atoms. The number of nitrogens with zero attached hydrogens (tertiary/aromatic N) is 5. The summed E-state index contributed by atoms with van der Waals surface area (Å²) in [6.07, 6.45) is 7.09. The van der Waals surface area contributed by atoms with Crippen LogP contribution < -0.4 is 9.64 Å². The summed E-state index contributed by atoms with van der Waals surface area (Å²) in [7, 11) is 1.75. The van der Waals surface area contributed by atoms with Gasteiger partial charge in [0.1, 0.15) is 34.2 Å². The molecular weight excluding hydrogens is 656 g/mol. The van der Waals surface area contributed by atoms with Gasteiger partial charge in [-0.2, -0.15) is 9.97 Å². The van der Waals surface area contributed by atoms with Gasteiger partial charge in [0.25, 0.3) is 0 Å². The number of pyridine rings is 1. The first kappa shape index (κ1) is 35.7. The number of piperidine rings is 1. The minimum atomic E-state index is -1.18. The summed E-state index contributed by atoms with van der Waals surface area (Å²) < 4.78 is 50.2. The number of rotatable bonds is 9. The number of benzene rings is 2. The summed E-state index contributed by atoms with van der Waals surface area (Å²) in [4.78, 5) is 18.5. The van der Waals surface area contributed by atoms with Gasteiger partial charge < -0.3 is 29.3 Å². The fraction of sp³-hybridized carbons (Fsp3) is 0.564. The van der Waals surface area contributed by atoms with Gasteiger partial charge in [0.05, 0.1) is 37.4 Å². The van der Waals surface area contributed by atoms with Crippen molar-refractivity contribution in [1.29, 1.82) is 0 Å². The van der Waals surface area contributed by atoms with Crippen molar-refractivity contribution in [3.63, 3.8) is 0 Å². The summed E-state index contributed by atoms with van der Waals surface area (Å²) in [6.45, 7) is 11.0. The van der Waals surface area contributed by atoms with Crippen LogP contribution in [0.4, 0.5) is 14.6 Å². The Kier molecular flexibility index (Phi) is 9.58. The molecule has 10 nitrogen and oxygen atoms in total. The lowest BCUT2D eigenvalue weighted by molar-refractivity contribution is -0.0592. The number of hydrogen-bond acceptors (Lipinski definition) is 10. The van der Waals surface area contributed by atoms with Crippen LogP contribution in [0.3, 0.4) is 0 Å². The van der Waals surface area contributed by atoms with Crippen molar-refractivity contribution < 1.29 is 33.2 Å². The topological polar surface area (TPSA) is 113 Å². The third kappa shape index (κ3) is 6.83. The molecule has 2 N–H and O–H groups in total. The van der Waals surface area contributed by atoms with Crippen molar-refractivity contribution in [3.05, 3.63) is 47.7 Å². The highest BCUT2D eigenvalue weighted by Gasteiger charge is 2.49. The molecule has 1 saturated carbocycles. The van der Waals surface area contributed by atoms with Crippen LogP contribution in [0.25, 0.3) is 32.9 Å². The number of ether oxygens (including phenoxy) is 3. The number of aryl methyl sites for hydroxylation is 1. The van der Waals surface area contributed by atoms with E-state index in [1.165, 1.54) is 24.4 Å². The van der Waals surface area contributed by atoms with Crippen LogP contribution >= 0.6 is 0 Å². The van der Waals surface area contributed by atoms with Crippen LogP contribution in [-0.2, 0) is 15.9 Å². The van der Waals surface area contributed by atoms with Crippen molar-refractivity contribution in [3.8, 4) is 23.0 Å². The first-order valence-corrected chi connectivity index (χ1v) is 18.1. The van der Waals surface area contributed by atoms with Gasteiger partial charge >= 0.3 is 6.01 Å². The highest BCUT2D eigenvalue weighted by atomic mass is 19.1. The van der Waals surface area contributed by atoms with Gasteiger partial charge in [-0.1, -0.05) is 19.4 Å². The second-order valence-corrected chi connectivity index (χ2v) is 15.6. The SMILES string of the molecule is CCc1c(F)ccc2cc(O)cc(-c3ncc4c(N5CCOC[C@@](C)(O)C5)nc(OC[C@]56CCC[C@H]5N(CC(C)(C)OC)CCC6)nc4c3F)c12. The van der Waals surface area contributed by atoms with Crippen LogP contribution in [0.5, 0.6) is 11.8 Å². The molecule has 0 bridgehead atoms. The quantitative estimate of drug-likeness (QED) is 0.202. The van der Waals surface area contributed by atoms with Gasteiger partial charge in [0, 0.05) is 43.4 Å². The Balaban J connectivity index is 1.33. The molecule has 2 saturated heterocycles. The highest BCUT2D eigenvalue weighted by Crippen LogP contribution is 2.48. The third-order valence-corrected chi connectivity index (χ3v) is 11.2. The van der Waals surface area contributed by atoms with E-state index in [2.05, 4.69) is 28.7 Å². The van der Waals surface area contributed by atoms with Crippen LogP contribution in [0.1, 0.15) is 65.4 Å². The first-order chi connectivity index (χ1) is 24.3. The molecule has 0 amide bonds. The number of phenolic OH excluding ortho intramolecular Hbond substituents is 1. The number of aromatic nitrogens is 3. The van der Waals surface area contributed by atoms with E-state index in [-0.39, 0.29) is 52.7 Å². The minimum Gasteiger partial charge on any atom is -0.508 e. The highest BCUT2D eigenvalue weighted by molar-refractivity contribution is 6.01. The lowest BCUT2D eigenvalue weighted by atomic mass is 9.75. The third-order valence-electron chi connectivity index (χ3n) is 11.2. The Labute approximate surface area is 297 Å². The van der Waals surface area contributed by atoms with E-state index in [4.69, 9.17) is 19.2 Å². The van der Waals surface area contributed by atoms with E-state index in [0.29, 0.717) is 59.8 Å². The molecule has 2 aliphatic heterocycles. The molecule has 3 fully saturated rings. The maximum atomic E-state index is 17.1. The molecule has 2 aromatic heterocycles. The number of β-amino-alcohol motifs (C(OH)–C–C–N with tert-alkyl or cyclic N) is 1. The first-order valence-electron chi connectivity index (χ1n) is 18.1. The number of fused-ring (bicyclic) bond motifs is 3. The number of anilines is 1.